The number of carboxylic acid groups (broad SMARTS) is 2. The molecule has 25 heavy (non-hydrogen) atoms. The number of methoxy groups -OCH3 is 1. The highest BCUT2D eigenvalue weighted by molar-refractivity contribution is 6.27. The van der Waals surface area contributed by atoms with Gasteiger partial charge in [0.25, 0.3) is 0 Å². The van der Waals surface area contributed by atoms with Crippen molar-refractivity contribution in [3.8, 4) is 5.75 Å². The Hall–Kier alpha value is -2.34. The van der Waals surface area contributed by atoms with Crippen LogP contribution >= 0.6 is 0 Å². The number of hydrogen-bond donors (Lipinski definition) is 3. The Kier molecular flexibility index (Phi) is 7.01. The smallest absolute Gasteiger partial charge is 0.414 e. The van der Waals surface area contributed by atoms with Gasteiger partial charge in [0, 0.05) is 0 Å². The molecule has 0 saturated heterocycles. The molecule has 3 unspecified atom stereocenters. The minimum atomic E-state index is -1.82. The number of carboxylic acids is 2. The summed E-state index contributed by atoms with van der Waals surface area (Å²) in [6, 6.07) is 8.38. The molecule has 0 heterocycles. The van der Waals surface area contributed by atoms with Crippen LogP contribution in [0.1, 0.15) is 18.4 Å². The number of rotatable bonds is 6. The highest BCUT2D eigenvalue weighted by atomic mass is 16.5. The first-order chi connectivity index (χ1) is 12.0. The Bertz CT molecular complexity index is 599. The van der Waals surface area contributed by atoms with E-state index in [1.165, 1.54) is 24.9 Å². The lowest BCUT2D eigenvalue weighted by Crippen LogP contribution is -2.27. The molecule has 0 aromatic heterocycles. The fraction of sp³-hybridized carbons (Fsp3) is 0.474. The number of allylic oxidation sites excluding steroid dienone is 2. The van der Waals surface area contributed by atoms with E-state index in [2.05, 4.69) is 29.6 Å². The van der Waals surface area contributed by atoms with E-state index in [0.29, 0.717) is 0 Å². The Morgan fingerprint density at radius 2 is 1.80 bits per heavy atom. The summed E-state index contributed by atoms with van der Waals surface area (Å²) < 4.78 is 5.17. The van der Waals surface area contributed by atoms with Gasteiger partial charge in [-0.15, -0.1) is 0 Å². The molecule has 0 radical (unpaired) electrons. The second kappa shape index (κ2) is 9.22. The quantitative estimate of drug-likeness (QED) is 0.415. The van der Waals surface area contributed by atoms with Crippen molar-refractivity contribution in [1.82, 2.24) is 5.32 Å². The summed E-state index contributed by atoms with van der Waals surface area (Å²) in [5, 5.41) is 18.4. The maximum absolute atomic E-state index is 9.10. The summed E-state index contributed by atoms with van der Waals surface area (Å²) in [4.78, 5) is 18.2. The average molecular weight is 347 g/mol. The Morgan fingerprint density at radius 3 is 2.28 bits per heavy atom. The lowest BCUT2D eigenvalue weighted by atomic mass is 9.93. The van der Waals surface area contributed by atoms with E-state index >= 15 is 0 Å². The predicted octanol–water partition coefficient (Wildman–Crippen LogP) is 2.20. The molecule has 3 atom stereocenters. The van der Waals surface area contributed by atoms with Crippen molar-refractivity contribution >= 4 is 11.9 Å². The third-order valence-corrected chi connectivity index (χ3v) is 4.76. The van der Waals surface area contributed by atoms with Crippen molar-refractivity contribution in [3.05, 3.63) is 42.0 Å². The molecule has 2 aliphatic carbocycles. The van der Waals surface area contributed by atoms with Crippen LogP contribution in [0.5, 0.6) is 5.75 Å². The van der Waals surface area contributed by atoms with Crippen LogP contribution in [0.3, 0.4) is 0 Å². The fourth-order valence-corrected chi connectivity index (χ4v) is 3.44. The van der Waals surface area contributed by atoms with Gasteiger partial charge >= 0.3 is 11.9 Å². The van der Waals surface area contributed by atoms with Gasteiger partial charge < -0.3 is 20.3 Å². The van der Waals surface area contributed by atoms with Gasteiger partial charge in [-0.3, -0.25) is 0 Å². The summed E-state index contributed by atoms with van der Waals surface area (Å²) in [7, 11) is 1.71. The fourth-order valence-electron chi connectivity index (χ4n) is 3.44. The normalized spacial score (nSPS) is 23.0. The number of carbonyl (C=O) groups is 2. The summed E-state index contributed by atoms with van der Waals surface area (Å²) in [5.74, 6) is -0.0850. The molecule has 1 fully saturated rings. The molecule has 1 aromatic carbocycles. The van der Waals surface area contributed by atoms with Crippen LogP contribution < -0.4 is 10.1 Å². The molecular formula is C19H25NO5. The molecule has 6 heteroatoms. The average Bonchev–Trinajstić information content (AvgIpc) is 3.23. The zero-order valence-corrected chi connectivity index (χ0v) is 14.4. The summed E-state index contributed by atoms with van der Waals surface area (Å²) in [6.45, 7) is 2.26. The van der Waals surface area contributed by atoms with Crippen molar-refractivity contribution < 1.29 is 24.5 Å². The zero-order chi connectivity index (χ0) is 18.2. The van der Waals surface area contributed by atoms with Crippen molar-refractivity contribution in [3.63, 3.8) is 0 Å². The van der Waals surface area contributed by atoms with E-state index in [4.69, 9.17) is 24.5 Å². The van der Waals surface area contributed by atoms with Gasteiger partial charge in [0.2, 0.25) is 0 Å². The lowest BCUT2D eigenvalue weighted by Gasteiger charge is -2.18. The molecular weight excluding hydrogens is 322 g/mol. The minimum Gasteiger partial charge on any atom is -0.497 e. The number of benzene rings is 1. The topological polar surface area (TPSA) is 95.9 Å². The predicted molar refractivity (Wildman–Crippen MR) is 93.7 cm³/mol. The molecule has 136 valence electrons. The first-order valence-electron chi connectivity index (χ1n) is 8.47. The van der Waals surface area contributed by atoms with Crippen LogP contribution in [0.25, 0.3) is 0 Å². The van der Waals surface area contributed by atoms with Crippen LogP contribution in [0, 0.1) is 17.8 Å². The Labute approximate surface area is 147 Å². The molecule has 0 aliphatic heterocycles. The van der Waals surface area contributed by atoms with Crippen LogP contribution in [-0.4, -0.2) is 42.4 Å². The SMILES string of the molecule is COc1ccc(CCNCC2CC3C=CC2C3)cc1.O=C(O)C(=O)O. The summed E-state index contributed by atoms with van der Waals surface area (Å²) in [6.07, 6.45) is 8.75. The molecule has 6 nitrogen and oxygen atoms in total. The van der Waals surface area contributed by atoms with E-state index in [1.54, 1.807) is 7.11 Å². The second-order valence-corrected chi connectivity index (χ2v) is 6.45. The van der Waals surface area contributed by atoms with E-state index < -0.39 is 11.9 Å². The van der Waals surface area contributed by atoms with Gasteiger partial charge in [0.15, 0.2) is 0 Å². The van der Waals surface area contributed by atoms with Gasteiger partial charge in [0.1, 0.15) is 5.75 Å². The molecule has 1 aromatic rings. The maximum Gasteiger partial charge on any atom is 0.414 e. The molecule has 2 aliphatic rings. The van der Waals surface area contributed by atoms with Crippen LogP contribution in [0.4, 0.5) is 0 Å². The molecule has 0 spiro atoms. The van der Waals surface area contributed by atoms with E-state index in [-0.39, 0.29) is 0 Å². The van der Waals surface area contributed by atoms with Crippen molar-refractivity contribution in [2.45, 2.75) is 19.3 Å². The van der Waals surface area contributed by atoms with E-state index in [9.17, 15) is 0 Å². The molecule has 1 saturated carbocycles. The number of fused-ring (bicyclic) bond motifs is 2. The Morgan fingerprint density at radius 1 is 1.12 bits per heavy atom. The minimum absolute atomic E-state index is 0.860. The number of ether oxygens (including phenoxy) is 1. The van der Waals surface area contributed by atoms with Gasteiger partial charge in [-0.2, -0.15) is 0 Å². The molecule has 2 bridgehead atoms. The van der Waals surface area contributed by atoms with Gasteiger partial charge in [-0.1, -0.05) is 24.3 Å². The third kappa shape index (κ3) is 5.90. The summed E-state index contributed by atoms with van der Waals surface area (Å²) in [5.41, 5.74) is 1.38. The standard InChI is InChI=1S/C17H23NO.C2H2O4/c1-19-17-6-3-13(4-7-17)8-9-18-12-16-11-14-2-5-15(16)10-14;3-1(4)2(5)6/h2-7,14-16,18H,8-12H2,1H3;(H,3,4)(H,5,6). The molecule has 3 rings (SSSR count). The Balaban J connectivity index is 0.000000326. The number of aliphatic carboxylic acids is 2. The second-order valence-electron chi connectivity index (χ2n) is 6.45. The van der Waals surface area contributed by atoms with Crippen LogP contribution in [0.2, 0.25) is 0 Å². The number of hydrogen-bond acceptors (Lipinski definition) is 4. The lowest BCUT2D eigenvalue weighted by molar-refractivity contribution is -0.159. The van der Waals surface area contributed by atoms with Gasteiger partial charge in [-0.05, 0) is 67.8 Å². The molecule has 0 amide bonds. The van der Waals surface area contributed by atoms with Crippen LogP contribution in [-0.2, 0) is 16.0 Å². The van der Waals surface area contributed by atoms with Crippen LogP contribution in [0.15, 0.2) is 36.4 Å². The maximum atomic E-state index is 9.10. The molecule has 3 N–H and O–H groups in total. The van der Waals surface area contributed by atoms with Gasteiger partial charge in [0.05, 0.1) is 7.11 Å². The number of nitrogens with one attached hydrogen (secondary N) is 1. The first kappa shape index (κ1) is 19.0. The zero-order valence-electron chi connectivity index (χ0n) is 14.4. The van der Waals surface area contributed by atoms with E-state index in [0.717, 1.165) is 36.5 Å². The van der Waals surface area contributed by atoms with Gasteiger partial charge in [-0.25, -0.2) is 9.59 Å². The van der Waals surface area contributed by atoms with Crippen molar-refractivity contribution in [2.24, 2.45) is 17.8 Å². The highest BCUT2D eigenvalue weighted by Crippen LogP contribution is 2.42. The van der Waals surface area contributed by atoms with E-state index in [1.807, 2.05) is 12.1 Å². The first-order valence-corrected chi connectivity index (χ1v) is 8.47. The third-order valence-electron chi connectivity index (χ3n) is 4.76. The monoisotopic (exact) mass is 347 g/mol. The van der Waals surface area contributed by atoms with Crippen molar-refractivity contribution in [1.29, 1.82) is 0 Å². The largest absolute Gasteiger partial charge is 0.497 e. The van der Waals surface area contributed by atoms with Crippen molar-refractivity contribution in [2.75, 3.05) is 20.2 Å². The highest BCUT2D eigenvalue weighted by Gasteiger charge is 2.34. The summed E-state index contributed by atoms with van der Waals surface area (Å²) >= 11 is 0.